The van der Waals surface area contributed by atoms with E-state index in [0.29, 0.717) is 0 Å². The quantitative estimate of drug-likeness (QED) is 0.639. The van der Waals surface area contributed by atoms with E-state index < -0.39 is 0 Å². The van der Waals surface area contributed by atoms with Gasteiger partial charge in [0.05, 0.1) is 0 Å². The Kier molecular flexibility index (Phi) is 4.58. The number of anilines is 1. The van der Waals surface area contributed by atoms with Gasteiger partial charge in [-0.25, -0.2) is 0 Å². The third-order valence-electron chi connectivity index (χ3n) is 4.02. The second-order valence-electron chi connectivity index (χ2n) is 5.79. The SMILES string of the molecule is Cc1ccc(N)c(C(/C=C/c2ccccc2)c2ccccc2)c1. The average Bonchev–Trinajstić information content (AvgIpc) is 2.60. The molecule has 0 fully saturated rings. The molecule has 0 saturated heterocycles. The molecule has 0 aromatic heterocycles. The second kappa shape index (κ2) is 6.97. The molecule has 2 N–H and O–H groups in total. The van der Waals surface area contributed by atoms with Crippen LogP contribution in [-0.2, 0) is 0 Å². The molecule has 1 heteroatoms. The molecular weight excluding hydrogens is 278 g/mol. The smallest absolute Gasteiger partial charge is 0.0356 e. The summed E-state index contributed by atoms with van der Waals surface area (Å²) in [4.78, 5) is 0. The van der Waals surface area contributed by atoms with Crippen LogP contribution in [0.25, 0.3) is 6.08 Å². The van der Waals surface area contributed by atoms with Crippen LogP contribution in [0.2, 0.25) is 0 Å². The van der Waals surface area contributed by atoms with Crippen molar-refractivity contribution in [2.75, 3.05) is 5.73 Å². The first kappa shape index (κ1) is 15.1. The lowest BCUT2D eigenvalue weighted by molar-refractivity contribution is 1.03. The van der Waals surface area contributed by atoms with Crippen molar-refractivity contribution in [3.05, 3.63) is 107 Å². The number of hydrogen-bond acceptors (Lipinski definition) is 1. The van der Waals surface area contributed by atoms with Gasteiger partial charge in [0.15, 0.2) is 0 Å². The molecule has 3 aromatic carbocycles. The summed E-state index contributed by atoms with van der Waals surface area (Å²) in [6, 6.07) is 27.1. The van der Waals surface area contributed by atoms with Gasteiger partial charge in [-0.1, -0.05) is 90.5 Å². The van der Waals surface area contributed by atoms with Gasteiger partial charge in [0, 0.05) is 11.6 Å². The minimum Gasteiger partial charge on any atom is -0.398 e. The molecule has 1 atom stereocenters. The van der Waals surface area contributed by atoms with Crippen LogP contribution in [0.4, 0.5) is 5.69 Å². The minimum atomic E-state index is 0.149. The van der Waals surface area contributed by atoms with E-state index in [0.717, 1.165) is 11.3 Å². The van der Waals surface area contributed by atoms with Crippen LogP contribution >= 0.6 is 0 Å². The maximum Gasteiger partial charge on any atom is 0.0356 e. The standard InChI is InChI=1S/C22H21N/c1-17-12-15-22(23)21(16-17)20(19-10-6-3-7-11-19)14-13-18-8-4-2-5-9-18/h2-16,20H,23H2,1H3/b14-13+. The topological polar surface area (TPSA) is 26.0 Å². The first-order chi connectivity index (χ1) is 11.2. The van der Waals surface area contributed by atoms with Crippen molar-refractivity contribution in [1.29, 1.82) is 0 Å². The highest BCUT2D eigenvalue weighted by Gasteiger charge is 2.13. The summed E-state index contributed by atoms with van der Waals surface area (Å²) in [5.74, 6) is 0.149. The number of hydrogen-bond donors (Lipinski definition) is 1. The van der Waals surface area contributed by atoms with E-state index in [2.05, 4.69) is 79.7 Å². The molecule has 0 aliphatic heterocycles. The lowest BCUT2D eigenvalue weighted by atomic mass is 9.88. The third-order valence-corrected chi connectivity index (χ3v) is 4.02. The Morgan fingerprint density at radius 1 is 0.826 bits per heavy atom. The van der Waals surface area contributed by atoms with Crippen LogP contribution in [0.1, 0.15) is 28.2 Å². The minimum absolute atomic E-state index is 0.149. The van der Waals surface area contributed by atoms with Crippen molar-refractivity contribution in [2.45, 2.75) is 12.8 Å². The molecular formula is C22H21N. The molecule has 0 aliphatic rings. The number of benzene rings is 3. The number of aryl methyl sites for hydroxylation is 1. The first-order valence-electron chi connectivity index (χ1n) is 7.88. The Morgan fingerprint density at radius 2 is 1.48 bits per heavy atom. The summed E-state index contributed by atoms with van der Waals surface area (Å²) in [5, 5.41) is 0. The van der Waals surface area contributed by atoms with Gasteiger partial charge in [0.2, 0.25) is 0 Å². The number of allylic oxidation sites excluding steroid dienone is 1. The van der Waals surface area contributed by atoms with E-state index >= 15 is 0 Å². The normalized spacial score (nSPS) is 12.4. The molecule has 0 spiro atoms. The van der Waals surface area contributed by atoms with Crippen LogP contribution in [0.15, 0.2) is 84.9 Å². The number of nitrogens with two attached hydrogens (primary N) is 1. The predicted octanol–water partition coefficient (Wildman–Crippen LogP) is 5.42. The van der Waals surface area contributed by atoms with Crippen molar-refractivity contribution in [3.8, 4) is 0 Å². The van der Waals surface area contributed by atoms with E-state index in [1.54, 1.807) is 0 Å². The average molecular weight is 299 g/mol. The van der Waals surface area contributed by atoms with E-state index in [-0.39, 0.29) is 5.92 Å². The van der Waals surface area contributed by atoms with Gasteiger partial charge >= 0.3 is 0 Å². The van der Waals surface area contributed by atoms with E-state index in [1.165, 1.54) is 16.7 Å². The molecule has 3 rings (SSSR count). The van der Waals surface area contributed by atoms with Crippen LogP contribution in [0.3, 0.4) is 0 Å². The maximum atomic E-state index is 6.26. The summed E-state index contributed by atoms with van der Waals surface area (Å²) in [6.45, 7) is 2.10. The van der Waals surface area contributed by atoms with Crippen molar-refractivity contribution in [2.24, 2.45) is 0 Å². The van der Waals surface area contributed by atoms with Crippen molar-refractivity contribution < 1.29 is 0 Å². The summed E-state index contributed by atoms with van der Waals surface area (Å²) < 4.78 is 0. The van der Waals surface area contributed by atoms with Gasteiger partial charge in [-0.05, 0) is 29.7 Å². The zero-order chi connectivity index (χ0) is 16.1. The zero-order valence-electron chi connectivity index (χ0n) is 13.3. The monoisotopic (exact) mass is 299 g/mol. The Hall–Kier alpha value is -2.80. The van der Waals surface area contributed by atoms with Crippen molar-refractivity contribution >= 4 is 11.8 Å². The van der Waals surface area contributed by atoms with E-state index in [1.807, 2.05) is 18.2 Å². The van der Waals surface area contributed by atoms with Crippen LogP contribution in [0, 0.1) is 6.92 Å². The highest BCUT2D eigenvalue weighted by atomic mass is 14.6. The fourth-order valence-electron chi connectivity index (χ4n) is 2.79. The molecule has 0 heterocycles. The summed E-state index contributed by atoms with van der Waals surface area (Å²) in [7, 11) is 0. The van der Waals surface area contributed by atoms with Gasteiger partial charge in [-0.3, -0.25) is 0 Å². The molecule has 0 saturated carbocycles. The van der Waals surface area contributed by atoms with Crippen LogP contribution in [-0.4, -0.2) is 0 Å². The first-order valence-corrected chi connectivity index (χ1v) is 7.88. The number of nitrogen functional groups attached to an aromatic ring is 1. The van der Waals surface area contributed by atoms with E-state index in [9.17, 15) is 0 Å². The summed E-state index contributed by atoms with van der Waals surface area (Å²) in [6.07, 6.45) is 4.40. The van der Waals surface area contributed by atoms with Crippen molar-refractivity contribution in [1.82, 2.24) is 0 Å². The molecule has 0 amide bonds. The van der Waals surface area contributed by atoms with Gasteiger partial charge < -0.3 is 5.73 Å². The molecule has 0 radical (unpaired) electrons. The lowest BCUT2D eigenvalue weighted by Gasteiger charge is -2.17. The van der Waals surface area contributed by atoms with Gasteiger partial charge in [-0.2, -0.15) is 0 Å². The lowest BCUT2D eigenvalue weighted by Crippen LogP contribution is -2.03. The van der Waals surface area contributed by atoms with Crippen LogP contribution in [0.5, 0.6) is 0 Å². The van der Waals surface area contributed by atoms with Gasteiger partial charge in [0.1, 0.15) is 0 Å². The fraction of sp³-hybridized carbons (Fsp3) is 0.0909. The molecule has 1 nitrogen and oxygen atoms in total. The maximum absolute atomic E-state index is 6.26. The van der Waals surface area contributed by atoms with Gasteiger partial charge in [0.25, 0.3) is 0 Å². The zero-order valence-corrected chi connectivity index (χ0v) is 13.3. The second-order valence-corrected chi connectivity index (χ2v) is 5.79. The Bertz CT molecular complexity index is 789. The number of rotatable bonds is 4. The Morgan fingerprint density at radius 3 is 2.17 bits per heavy atom. The molecule has 0 bridgehead atoms. The Balaban J connectivity index is 2.04. The fourth-order valence-corrected chi connectivity index (χ4v) is 2.79. The predicted molar refractivity (Wildman–Crippen MR) is 99.4 cm³/mol. The molecule has 3 aromatic rings. The van der Waals surface area contributed by atoms with Crippen molar-refractivity contribution in [3.63, 3.8) is 0 Å². The molecule has 114 valence electrons. The molecule has 0 aliphatic carbocycles. The van der Waals surface area contributed by atoms with Gasteiger partial charge in [-0.15, -0.1) is 0 Å². The largest absolute Gasteiger partial charge is 0.398 e. The van der Waals surface area contributed by atoms with Crippen LogP contribution < -0.4 is 5.73 Å². The molecule has 23 heavy (non-hydrogen) atoms. The highest BCUT2D eigenvalue weighted by molar-refractivity contribution is 5.59. The molecule has 1 unspecified atom stereocenters. The third kappa shape index (κ3) is 3.70. The summed E-state index contributed by atoms with van der Waals surface area (Å²) in [5.41, 5.74) is 11.9. The Labute approximate surface area is 138 Å². The van der Waals surface area contributed by atoms with E-state index in [4.69, 9.17) is 5.73 Å². The summed E-state index contributed by atoms with van der Waals surface area (Å²) >= 11 is 0. The highest BCUT2D eigenvalue weighted by Crippen LogP contribution is 2.31.